The van der Waals surface area contributed by atoms with Crippen molar-refractivity contribution in [1.29, 1.82) is 0 Å². The third-order valence-electron chi connectivity index (χ3n) is 4.56. The van der Waals surface area contributed by atoms with Crippen LogP contribution in [0.5, 0.6) is 0 Å². The molecule has 0 amide bonds. The summed E-state index contributed by atoms with van der Waals surface area (Å²) in [5.41, 5.74) is -0.622. The number of aliphatic imine (C=N–C) groups is 1. The Morgan fingerprint density at radius 3 is 3.00 bits per heavy atom. The summed E-state index contributed by atoms with van der Waals surface area (Å²) in [6.07, 6.45) is 4.50. The van der Waals surface area contributed by atoms with Crippen molar-refractivity contribution in [1.82, 2.24) is 25.4 Å². The number of nitrogens with one attached hydrogen (secondary N) is 2. The summed E-state index contributed by atoms with van der Waals surface area (Å²) in [5, 5.41) is 20.8. The second kappa shape index (κ2) is 7.53. The number of rotatable bonds is 4. The monoisotopic (exact) mass is 338 g/mol. The van der Waals surface area contributed by atoms with E-state index in [4.69, 9.17) is 4.99 Å². The lowest BCUT2D eigenvalue weighted by atomic mass is 9.96. The predicted octanol–water partition coefficient (Wildman–Crippen LogP) is 0.818. The topological polar surface area (TPSA) is 89.4 Å². The first-order valence-corrected chi connectivity index (χ1v) is 9.54. The molecule has 1 aromatic heterocycles. The van der Waals surface area contributed by atoms with Crippen molar-refractivity contribution in [3.05, 3.63) is 12.2 Å². The fraction of sp³-hybridized carbons (Fsp3) is 0.800. The van der Waals surface area contributed by atoms with E-state index in [9.17, 15) is 5.11 Å². The number of H-pyrrole nitrogens is 1. The molecule has 1 atom stereocenters. The van der Waals surface area contributed by atoms with Gasteiger partial charge in [-0.1, -0.05) is 0 Å². The lowest BCUT2D eigenvalue weighted by Gasteiger charge is -2.34. The van der Waals surface area contributed by atoms with Gasteiger partial charge in [-0.05, 0) is 31.9 Å². The van der Waals surface area contributed by atoms with Crippen molar-refractivity contribution in [3.8, 4) is 0 Å². The van der Waals surface area contributed by atoms with Gasteiger partial charge in [0.2, 0.25) is 0 Å². The van der Waals surface area contributed by atoms with E-state index < -0.39 is 5.60 Å². The molecule has 0 radical (unpaired) electrons. The molecule has 0 aliphatic carbocycles. The Morgan fingerprint density at radius 1 is 1.57 bits per heavy atom. The Hall–Kier alpha value is -1.28. The van der Waals surface area contributed by atoms with Crippen molar-refractivity contribution in [2.75, 3.05) is 37.7 Å². The molecule has 1 aromatic rings. The predicted molar refractivity (Wildman–Crippen MR) is 92.8 cm³/mol. The molecule has 0 bridgehead atoms. The van der Waals surface area contributed by atoms with Gasteiger partial charge in [0.15, 0.2) is 5.96 Å². The highest BCUT2D eigenvalue weighted by atomic mass is 32.2. The van der Waals surface area contributed by atoms with Gasteiger partial charge in [-0.3, -0.25) is 10.1 Å². The molecule has 1 unspecified atom stereocenters. The number of hydrogen-bond donors (Lipinski definition) is 3. The summed E-state index contributed by atoms with van der Waals surface area (Å²) in [6, 6.07) is 0. The van der Waals surface area contributed by atoms with Gasteiger partial charge in [0.25, 0.3) is 0 Å². The number of nitrogens with zero attached hydrogens (tertiary/aromatic N) is 4. The van der Waals surface area contributed by atoms with Crippen LogP contribution in [0.15, 0.2) is 11.3 Å². The van der Waals surface area contributed by atoms with Crippen molar-refractivity contribution in [2.45, 2.75) is 37.7 Å². The number of aromatic nitrogens is 3. The van der Waals surface area contributed by atoms with Gasteiger partial charge in [0.05, 0.1) is 12.1 Å². The number of likely N-dealkylation sites (tertiary alicyclic amines) is 1. The van der Waals surface area contributed by atoms with E-state index in [0.29, 0.717) is 12.5 Å². The molecule has 2 saturated heterocycles. The van der Waals surface area contributed by atoms with Crippen LogP contribution in [0.25, 0.3) is 0 Å². The van der Waals surface area contributed by atoms with Crippen LogP contribution in [0.3, 0.4) is 0 Å². The van der Waals surface area contributed by atoms with Gasteiger partial charge in [0, 0.05) is 31.3 Å². The lowest BCUT2D eigenvalue weighted by molar-refractivity contribution is 0.0775. The van der Waals surface area contributed by atoms with E-state index in [1.54, 1.807) is 6.33 Å². The van der Waals surface area contributed by atoms with Gasteiger partial charge in [0.1, 0.15) is 12.2 Å². The first-order valence-electron chi connectivity index (χ1n) is 8.39. The first-order chi connectivity index (χ1) is 11.2. The van der Waals surface area contributed by atoms with Crippen molar-refractivity contribution < 1.29 is 5.11 Å². The first kappa shape index (κ1) is 16.6. The molecule has 2 aliphatic heterocycles. The normalized spacial score (nSPS) is 26.7. The van der Waals surface area contributed by atoms with Gasteiger partial charge in [-0.15, -0.1) is 0 Å². The molecular weight excluding hydrogens is 312 g/mol. The molecule has 0 aromatic carbocycles. The standard InChI is InChI=1S/C15H26N6OS/c1-2-16-14(17-9-15(22)5-8-23-10-15)21-6-3-12(4-7-21)13-18-11-19-20-13/h11-12,22H,2-10H2,1H3,(H,16,17)(H,18,19,20). The molecule has 2 aliphatic rings. The number of aliphatic hydroxyl groups is 1. The van der Waals surface area contributed by atoms with Crippen LogP contribution in [0.2, 0.25) is 0 Å². The molecule has 3 rings (SSSR count). The van der Waals surface area contributed by atoms with Gasteiger partial charge >= 0.3 is 0 Å². The zero-order valence-electron chi connectivity index (χ0n) is 13.7. The molecule has 3 N–H and O–H groups in total. The van der Waals surface area contributed by atoms with E-state index in [-0.39, 0.29) is 0 Å². The fourth-order valence-corrected chi connectivity index (χ4v) is 4.43. The third kappa shape index (κ3) is 4.17. The maximum absolute atomic E-state index is 10.5. The Kier molecular flexibility index (Phi) is 5.42. The van der Waals surface area contributed by atoms with Crippen molar-refractivity contribution >= 4 is 17.7 Å². The minimum absolute atomic E-state index is 0.451. The van der Waals surface area contributed by atoms with Crippen LogP contribution in [-0.4, -0.2) is 74.4 Å². The quantitative estimate of drug-likeness (QED) is 0.556. The molecule has 0 spiro atoms. The van der Waals surface area contributed by atoms with E-state index in [0.717, 1.165) is 62.2 Å². The summed E-state index contributed by atoms with van der Waals surface area (Å²) < 4.78 is 0. The molecule has 0 saturated carbocycles. The third-order valence-corrected chi connectivity index (χ3v) is 5.79. The van der Waals surface area contributed by atoms with Crippen molar-refractivity contribution in [2.24, 2.45) is 4.99 Å². The molecule has 23 heavy (non-hydrogen) atoms. The van der Waals surface area contributed by atoms with Crippen LogP contribution >= 0.6 is 11.8 Å². The van der Waals surface area contributed by atoms with Gasteiger partial charge in [-0.2, -0.15) is 16.9 Å². The average Bonchev–Trinajstić information content (AvgIpc) is 3.24. The maximum Gasteiger partial charge on any atom is 0.194 e. The summed E-state index contributed by atoms with van der Waals surface area (Å²) >= 11 is 1.81. The molecule has 3 heterocycles. The number of aromatic amines is 1. The molecule has 7 nitrogen and oxygen atoms in total. The fourth-order valence-electron chi connectivity index (χ4n) is 3.15. The minimum atomic E-state index is -0.622. The zero-order valence-corrected chi connectivity index (χ0v) is 14.5. The van der Waals surface area contributed by atoms with Gasteiger partial charge in [-0.25, -0.2) is 4.98 Å². The van der Waals surface area contributed by atoms with Crippen LogP contribution in [-0.2, 0) is 0 Å². The molecular formula is C15H26N6OS. The number of guanidine groups is 1. The van der Waals surface area contributed by atoms with Gasteiger partial charge < -0.3 is 15.3 Å². The number of hydrogen-bond acceptors (Lipinski definition) is 5. The summed E-state index contributed by atoms with van der Waals surface area (Å²) in [7, 11) is 0. The average molecular weight is 338 g/mol. The zero-order chi connectivity index (χ0) is 16.1. The molecule has 128 valence electrons. The Labute approximate surface area is 141 Å². The highest BCUT2D eigenvalue weighted by Crippen LogP contribution is 2.28. The number of thioether (sulfide) groups is 1. The largest absolute Gasteiger partial charge is 0.387 e. The van der Waals surface area contributed by atoms with Crippen molar-refractivity contribution in [3.63, 3.8) is 0 Å². The van der Waals surface area contributed by atoms with Crippen LogP contribution in [0.1, 0.15) is 37.9 Å². The van der Waals surface area contributed by atoms with E-state index in [1.807, 2.05) is 11.8 Å². The van der Waals surface area contributed by atoms with Crippen LogP contribution < -0.4 is 5.32 Å². The SMILES string of the molecule is CCNC(=NCC1(O)CCSC1)N1CCC(c2ncn[nH]2)CC1. The Bertz CT molecular complexity index is 506. The Balaban J connectivity index is 1.58. The second-order valence-corrected chi connectivity index (χ2v) is 7.43. The molecule has 8 heteroatoms. The lowest BCUT2D eigenvalue weighted by Crippen LogP contribution is -2.46. The smallest absolute Gasteiger partial charge is 0.194 e. The maximum atomic E-state index is 10.5. The second-order valence-electron chi connectivity index (χ2n) is 6.33. The van der Waals surface area contributed by atoms with E-state index in [1.165, 1.54) is 0 Å². The summed E-state index contributed by atoms with van der Waals surface area (Å²) in [4.78, 5) is 11.3. The summed E-state index contributed by atoms with van der Waals surface area (Å²) in [6.45, 7) is 5.31. The molecule has 2 fully saturated rings. The summed E-state index contributed by atoms with van der Waals surface area (Å²) in [5.74, 6) is 4.19. The highest BCUT2D eigenvalue weighted by molar-refractivity contribution is 7.99. The highest BCUT2D eigenvalue weighted by Gasteiger charge is 2.32. The minimum Gasteiger partial charge on any atom is -0.387 e. The van der Waals surface area contributed by atoms with E-state index in [2.05, 4.69) is 32.3 Å². The number of piperidine rings is 1. The van der Waals surface area contributed by atoms with E-state index >= 15 is 0 Å². The van der Waals surface area contributed by atoms with Crippen LogP contribution in [0, 0.1) is 0 Å². The van der Waals surface area contributed by atoms with Crippen LogP contribution in [0.4, 0.5) is 0 Å². The Morgan fingerprint density at radius 2 is 2.39 bits per heavy atom.